The Bertz CT molecular complexity index is 1060. The molecule has 0 saturated heterocycles. The highest BCUT2D eigenvalue weighted by Crippen LogP contribution is 2.52. The molecule has 0 spiro atoms. The second kappa shape index (κ2) is 6.28. The van der Waals surface area contributed by atoms with Gasteiger partial charge in [-0.25, -0.2) is 0 Å². The predicted octanol–water partition coefficient (Wildman–Crippen LogP) is 8.37. The minimum absolute atomic E-state index is 0.120. The first kappa shape index (κ1) is 20.8. The van der Waals surface area contributed by atoms with Gasteiger partial charge in [0.1, 0.15) is 0 Å². The first-order valence-electron chi connectivity index (χ1n) is 6.73. The molecule has 0 radical (unpaired) electrons. The van der Waals surface area contributed by atoms with Crippen molar-refractivity contribution in [2.24, 2.45) is 0 Å². The van der Waals surface area contributed by atoms with E-state index in [0.717, 1.165) is 12.1 Å². The molecule has 0 fully saturated rings. The van der Waals surface area contributed by atoms with Gasteiger partial charge >= 0.3 is 18.5 Å². The molecule has 0 aliphatic heterocycles. The molecular formula is C15H3ClF9IS. The molecular weight excluding hydrogens is 546 g/mol. The molecule has 146 valence electrons. The molecule has 0 nitrogen and oxygen atoms in total. The summed E-state index contributed by atoms with van der Waals surface area (Å²) >= 11 is 6.88. The van der Waals surface area contributed by atoms with Crippen molar-refractivity contribution >= 4 is 65.7 Å². The maximum atomic E-state index is 13.4. The zero-order valence-corrected chi connectivity index (χ0v) is 16.0. The van der Waals surface area contributed by atoms with Crippen LogP contribution in [0.1, 0.15) is 16.7 Å². The average molecular weight is 549 g/mol. The Labute approximate surface area is 167 Å². The third-order valence-electron chi connectivity index (χ3n) is 3.69. The second-order valence-corrected chi connectivity index (χ2v) is 7.94. The number of halogens is 11. The monoisotopic (exact) mass is 548 g/mol. The highest BCUT2D eigenvalue weighted by molar-refractivity contribution is 14.1. The molecule has 2 aromatic carbocycles. The molecule has 27 heavy (non-hydrogen) atoms. The van der Waals surface area contributed by atoms with Gasteiger partial charge in [-0.1, -0.05) is 17.7 Å². The molecule has 1 heterocycles. The van der Waals surface area contributed by atoms with Gasteiger partial charge in [0.05, 0.1) is 21.7 Å². The fraction of sp³-hybridized carbons (Fsp3) is 0.200. The predicted molar refractivity (Wildman–Crippen MR) is 92.1 cm³/mol. The molecule has 3 rings (SSSR count). The summed E-state index contributed by atoms with van der Waals surface area (Å²) in [5, 5.41) is -2.52. The van der Waals surface area contributed by atoms with Crippen molar-refractivity contribution in [3.63, 3.8) is 0 Å². The second-order valence-electron chi connectivity index (χ2n) is 5.38. The van der Waals surface area contributed by atoms with Gasteiger partial charge in [-0.05, 0) is 34.7 Å². The van der Waals surface area contributed by atoms with Gasteiger partial charge < -0.3 is 0 Å². The van der Waals surface area contributed by atoms with Crippen LogP contribution in [0, 0.1) is 3.57 Å². The summed E-state index contributed by atoms with van der Waals surface area (Å²) in [6.07, 6.45) is -15.4. The fourth-order valence-corrected chi connectivity index (χ4v) is 5.43. The zero-order valence-electron chi connectivity index (χ0n) is 12.3. The molecule has 0 atom stereocenters. The van der Waals surface area contributed by atoms with Crippen LogP contribution < -0.4 is 0 Å². The van der Waals surface area contributed by atoms with Crippen LogP contribution in [0.15, 0.2) is 18.2 Å². The van der Waals surface area contributed by atoms with Crippen molar-refractivity contribution in [1.82, 2.24) is 0 Å². The summed E-state index contributed by atoms with van der Waals surface area (Å²) in [5.74, 6) is 0. The van der Waals surface area contributed by atoms with E-state index < -0.39 is 55.0 Å². The molecule has 0 bridgehead atoms. The van der Waals surface area contributed by atoms with Gasteiger partial charge in [-0.2, -0.15) is 39.5 Å². The van der Waals surface area contributed by atoms with Crippen molar-refractivity contribution in [1.29, 1.82) is 0 Å². The van der Waals surface area contributed by atoms with Crippen molar-refractivity contribution < 1.29 is 39.5 Å². The van der Waals surface area contributed by atoms with Gasteiger partial charge in [0.2, 0.25) is 0 Å². The molecule has 0 unspecified atom stereocenters. The highest BCUT2D eigenvalue weighted by Gasteiger charge is 2.44. The van der Waals surface area contributed by atoms with Crippen molar-refractivity contribution in [3.8, 4) is 0 Å². The lowest BCUT2D eigenvalue weighted by Crippen LogP contribution is -2.12. The molecule has 0 saturated carbocycles. The molecule has 0 amide bonds. The normalized spacial score (nSPS) is 13.7. The van der Waals surface area contributed by atoms with Crippen molar-refractivity contribution in [2.45, 2.75) is 18.5 Å². The van der Waals surface area contributed by atoms with Gasteiger partial charge in [-0.3, -0.25) is 0 Å². The third kappa shape index (κ3) is 3.46. The molecule has 0 aliphatic rings. The van der Waals surface area contributed by atoms with E-state index in [1.165, 1.54) is 22.6 Å². The molecule has 12 heteroatoms. The number of hydrogen-bond donors (Lipinski definition) is 0. The fourth-order valence-electron chi connectivity index (χ4n) is 2.65. The molecule has 1 aromatic heterocycles. The van der Waals surface area contributed by atoms with Crippen LogP contribution in [0.4, 0.5) is 39.5 Å². The maximum absolute atomic E-state index is 13.4. The summed E-state index contributed by atoms with van der Waals surface area (Å²) < 4.78 is 118. The molecule has 0 N–H and O–H groups in total. The summed E-state index contributed by atoms with van der Waals surface area (Å²) in [6, 6.07) is 2.42. The first-order chi connectivity index (χ1) is 12.1. The van der Waals surface area contributed by atoms with Gasteiger partial charge in [0.25, 0.3) is 0 Å². The SMILES string of the molecule is FC(F)(F)c1cc2c(sc3c(C(F)(F)F)c(I)ccc32)c(C(F)(F)F)c1Cl. The first-order valence-corrected chi connectivity index (χ1v) is 9.00. The van der Waals surface area contributed by atoms with E-state index in [9.17, 15) is 39.5 Å². The lowest BCUT2D eigenvalue weighted by Gasteiger charge is -2.15. The zero-order chi connectivity index (χ0) is 20.5. The van der Waals surface area contributed by atoms with Gasteiger partial charge in [0, 0.05) is 23.7 Å². The highest BCUT2D eigenvalue weighted by atomic mass is 127. The number of alkyl halides is 9. The standard InChI is InChI=1S/C15H3ClF9IS/c16-10-6(13(17,18)19)3-5-4-1-2-7(26)8(14(20,21)22)11(4)27-12(5)9(10)15(23,24)25/h1-3H. The van der Waals surface area contributed by atoms with E-state index in [1.54, 1.807) is 0 Å². The van der Waals surface area contributed by atoms with E-state index in [1.807, 2.05) is 0 Å². The van der Waals surface area contributed by atoms with Crippen molar-refractivity contribution in [3.05, 3.63) is 43.5 Å². The summed E-state index contributed by atoms with van der Waals surface area (Å²) in [6.45, 7) is 0. The Kier molecular flexibility index (Phi) is 4.83. The minimum atomic E-state index is -5.29. The Morgan fingerprint density at radius 2 is 1.26 bits per heavy atom. The van der Waals surface area contributed by atoms with Crippen LogP contribution in [-0.4, -0.2) is 0 Å². The molecule has 0 aliphatic carbocycles. The van der Waals surface area contributed by atoms with Crippen LogP contribution >= 0.6 is 45.5 Å². The van der Waals surface area contributed by atoms with Crippen LogP contribution in [0.3, 0.4) is 0 Å². The number of thiophene rings is 1. The van der Waals surface area contributed by atoms with E-state index in [2.05, 4.69) is 0 Å². The lowest BCUT2D eigenvalue weighted by atomic mass is 10.0. The Morgan fingerprint density at radius 1 is 0.741 bits per heavy atom. The maximum Gasteiger partial charge on any atom is 0.419 e. The Balaban J connectivity index is 2.61. The molecule has 3 aromatic rings. The Hall–Kier alpha value is -0.950. The Morgan fingerprint density at radius 3 is 1.74 bits per heavy atom. The van der Waals surface area contributed by atoms with E-state index in [-0.39, 0.29) is 20.3 Å². The van der Waals surface area contributed by atoms with Crippen LogP contribution in [0.5, 0.6) is 0 Å². The van der Waals surface area contributed by atoms with E-state index in [0.29, 0.717) is 6.07 Å². The topological polar surface area (TPSA) is 0 Å². The van der Waals surface area contributed by atoms with Crippen LogP contribution in [0.25, 0.3) is 20.2 Å². The average Bonchev–Trinajstić information content (AvgIpc) is 2.79. The summed E-state index contributed by atoms with van der Waals surface area (Å²) in [5.41, 5.74) is -4.74. The van der Waals surface area contributed by atoms with Gasteiger partial charge in [-0.15, -0.1) is 11.3 Å². The smallest absolute Gasteiger partial charge is 0.166 e. The van der Waals surface area contributed by atoms with Crippen LogP contribution in [0.2, 0.25) is 5.02 Å². The van der Waals surface area contributed by atoms with E-state index in [4.69, 9.17) is 11.6 Å². The number of hydrogen-bond acceptors (Lipinski definition) is 1. The number of rotatable bonds is 0. The largest absolute Gasteiger partial charge is 0.419 e. The van der Waals surface area contributed by atoms with Gasteiger partial charge in [0.15, 0.2) is 0 Å². The minimum Gasteiger partial charge on any atom is -0.166 e. The van der Waals surface area contributed by atoms with E-state index >= 15 is 0 Å². The summed E-state index contributed by atoms with van der Waals surface area (Å²) in [4.78, 5) is 0. The lowest BCUT2D eigenvalue weighted by molar-refractivity contribution is -0.142. The van der Waals surface area contributed by atoms with Crippen LogP contribution in [-0.2, 0) is 18.5 Å². The number of benzene rings is 2. The van der Waals surface area contributed by atoms with Crippen molar-refractivity contribution in [2.75, 3.05) is 0 Å². The third-order valence-corrected chi connectivity index (χ3v) is 6.24. The number of fused-ring (bicyclic) bond motifs is 3. The summed E-state index contributed by atoms with van der Waals surface area (Å²) in [7, 11) is 0. The quantitative estimate of drug-likeness (QED) is 0.196.